The first-order valence-corrected chi connectivity index (χ1v) is 10.4. The molecule has 0 heterocycles. The van der Waals surface area contributed by atoms with E-state index < -0.39 is 8.07 Å². The number of rotatable bonds is 4. The lowest BCUT2D eigenvalue weighted by atomic mass is 9.85. The molecule has 0 atom stereocenters. The van der Waals surface area contributed by atoms with Gasteiger partial charge in [0, 0.05) is 0 Å². The van der Waals surface area contributed by atoms with Crippen LogP contribution in [0.15, 0.2) is 12.1 Å². The Balaban J connectivity index is 3.79. The van der Waals surface area contributed by atoms with E-state index in [1.807, 2.05) is 6.07 Å². The standard InChI is InChI=1S/C18H26N2Si/c1-7-21(8-2,9-3)17-11-15(18(4,5)6)10-14(12-19)16(17)13-20/h10-11H,7-9H2,1-6H3. The van der Waals surface area contributed by atoms with Gasteiger partial charge in [0.05, 0.1) is 19.2 Å². The van der Waals surface area contributed by atoms with Gasteiger partial charge in [-0.1, -0.05) is 65.7 Å². The predicted molar refractivity (Wildman–Crippen MR) is 91.4 cm³/mol. The van der Waals surface area contributed by atoms with Crippen molar-refractivity contribution in [3.63, 3.8) is 0 Å². The topological polar surface area (TPSA) is 47.6 Å². The van der Waals surface area contributed by atoms with E-state index in [-0.39, 0.29) is 5.41 Å². The van der Waals surface area contributed by atoms with Gasteiger partial charge in [-0.2, -0.15) is 10.5 Å². The van der Waals surface area contributed by atoms with Gasteiger partial charge in [-0.05, 0) is 22.2 Å². The van der Waals surface area contributed by atoms with Crippen LogP contribution in [0.25, 0.3) is 0 Å². The maximum absolute atomic E-state index is 9.60. The molecule has 0 radical (unpaired) electrons. The molecule has 21 heavy (non-hydrogen) atoms. The van der Waals surface area contributed by atoms with E-state index in [0.717, 1.165) is 18.1 Å². The van der Waals surface area contributed by atoms with Crippen LogP contribution in [0.2, 0.25) is 18.1 Å². The Hall–Kier alpha value is -1.58. The molecule has 0 saturated heterocycles. The molecule has 112 valence electrons. The fourth-order valence-electron chi connectivity index (χ4n) is 3.02. The highest BCUT2D eigenvalue weighted by molar-refractivity contribution is 6.92. The summed E-state index contributed by atoms with van der Waals surface area (Å²) in [5.41, 5.74) is 2.33. The normalized spacial score (nSPS) is 11.8. The van der Waals surface area contributed by atoms with Crippen LogP contribution in [0.1, 0.15) is 58.2 Å². The highest BCUT2D eigenvalue weighted by Gasteiger charge is 2.34. The molecule has 1 rings (SSSR count). The molecule has 0 aliphatic rings. The van der Waals surface area contributed by atoms with Crippen LogP contribution >= 0.6 is 0 Å². The highest BCUT2D eigenvalue weighted by atomic mass is 28.3. The molecule has 0 fully saturated rings. The maximum atomic E-state index is 9.60. The fraction of sp³-hybridized carbons (Fsp3) is 0.556. The molecular formula is C18H26N2Si. The quantitative estimate of drug-likeness (QED) is 0.771. The SMILES string of the molecule is CC[Si](CC)(CC)c1cc(C(C)(C)C)cc(C#N)c1C#N. The summed E-state index contributed by atoms with van der Waals surface area (Å²) >= 11 is 0. The van der Waals surface area contributed by atoms with Gasteiger partial charge in [0.2, 0.25) is 0 Å². The molecule has 0 bridgehead atoms. The van der Waals surface area contributed by atoms with E-state index in [9.17, 15) is 10.5 Å². The smallest absolute Gasteiger partial charge is 0.101 e. The lowest BCUT2D eigenvalue weighted by molar-refractivity contribution is 0.590. The zero-order valence-electron chi connectivity index (χ0n) is 14.2. The number of hydrogen-bond acceptors (Lipinski definition) is 2. The third-order valence-corrected chi connectivity index (χ3v) is 10.4. The molecule has 0 N–H and O–H groups in total. The van der Waals surface area contributed by atoms with Gasteiger partial charge in [0.1, 0.15) is 12.1 Å². The second-order valence-electron chi connectivity index (χ2n) is 6.76. The summed E-state index contributed by atoms with van der Waals surface area (Å²) in [6.45, 7) is 13.2. The second-order valence-corrected chi connectivity index (χ2v) is 12.0. The monoisotopic (exact) mass is 298 g/mol. The van der Waals surface area contributed by atoms with Crippen LogP contribution in [0.4, 0.5) is 0 Å². The van der Waals surface area contributed by atoms with Crippen LogP contribution in [0, 0.1) is 22.7 Å². The van der Waals surface area contributed by atoms with Gasteiger partial charge in [-0.3, -0.25) is 0 Å². The van der Waals surface area contributed by atoms with Gasteiger partial charge in [-0.15, -0.1) is 0 Å². The minimum atomic E-state index is -1.69. The predicted octanol–water partition coefficient (Wildman–Crippen LogP) is 4.44. The van der Waals surface area contributed by atoms with Crippen LogP contribution in [0.3, 0.4) is 0 Å². The number of nitrogens with zero attached hydrogens (tertiary/aromatic N) is 2. The zero-order valence-corrected chi connectivity index (χ0v) is 15.2. The first kappa shape index (κ1) is 17.5. The van der Waals surface area contributed by atoms with E-state index in [4.69, 9.17) is 0 Å². The Labute approximate surface area is 130 Å². The summed E-state index contributed by atoms with van der Waals surface area (Å²) < 4.78 is 0. The first-order chi connectivity index (χ1) is 9.79. The Bertz CT molecular complexity index is 585. The molecule has 1 aromatic carbocycles. The van der Waals surface area contributed by atoms with Crippen molar-refractivity contribution in [2.45, 2.75) is 65.1 Å². The van der Waals surface area contributed by atoms with Crippen molar-refractivity contribution >= 4 is 13.3 Å². The molecular weight excluding hydrogens is 272 g/mol. The van der Waals surface area contributed by atoms with E-state index >= 15 is 0 Å². The van der Waals surface area contributed by atoms with Gasteiger partial charge >= 0.3 is 0 Å². The summed E-state index contributed by atoms with van der Waals surface area (Å²) in [5.74, 6) is 0. The van der Waals surface area contributed by atoms with E-state index in [0.29, 0.717) is 11.1 Å². The number of benzene rings is 1. The summed E-state index contributed by atoms with van der Waals surface area (Å²) in [5, 5.41) is 20.3. The van der Waals surface area contributed by atoms with Crippen molar-refractivity contribution in [1.29, 1.82) is 10.5 Å². The van der Waals surface area contributed by atoms with E-state index in [2.05, 4.69) is 59.7 Å². The zero-order chi connectivity index (χ0) is 16.3. The van der Waals surface area contributed by atoms with Gasteiger partial charge in [0.25, 0.3) is 0 Å². The minimum Gasteiger partial charge on any atom is -0.192 e. The van der Waals surface area contributed by atoms with Crippen molar-refractivity contribution in [1.82, 2.24) is 0 Å². The molecule has 1 aromatic rings. The molecule has 0 aromatic heterocycles. The van der Waals surface area contributed by atoms with E-state index in [1.165, 1.54) is 10.8 Å². The Morgan fingerprint density at radius 2 is 1.48 bits per heavy atom. The molecule has 0 aliphatic heterocycles. The first-order valence-electron chi connectivity index (χ1n) is 7.78. The molecule has 2 nitrogen and oxygen atoms in total. The molecule has 3 heteroatoms. The van der Waals surface area contributed by atoms with Crippen LogP contribution in [-0.2, 0) is 5.41 Å². The Morgan fingerprint density at radius 3 is 1.81 bits per heavy atom. The minimum absolute atomic E-state index is 0.0102. The molecule has 0 aliphatic carbocycles. The molecule has 0 saturated carbocycles. The lowest BCUT2D eigenvalue weighted by Gasteiger charge is -2.32. The van der Waals surface area contributed by atoms with Crippen LogP contribution < -0.4 is 5.19 Å². The third-order valence-electron chi connectivity index (χ3n) is 4.84. The average molecular weight is 299 g/mol. The maximum Gasteiger partial charge on any atom is 0.101 e. The fourth-order valence-corrected chi connectivity index (χ4v) is 6.85. The van der Waals surface area contributed by atoms with E-state index in [1.54, 1.807) is 0 Å². The highest BCUT2D eigenvalue weighted by Crippen LogP contribution is 2.28. The van der Waals surface area contributed by atoms with Gasteiger partial charge in [-0.25, -0.2) is 0 Å². The summed E-state index contributed by atoms with van der Waals surface area (Å²) in [6.07, 6.45) is 0. The van der Waals surface area contributed by atoms with Crippen LogP contribution in [0.5, 0.6) is 0 Å². The molecule has 0 unspecified atom stereocenters. The summed E-state index contributed by atoms with van der Waals surface area (Å²) in [4.78, 5) is 0. The second kappa shape index (κ2) is 6.46. The Morgan fingerprint density at radius 1 is 0.952 bits per heavy atom. The van der Waals surface area contributed by atoms with Crippen molar-refractivity contribution in [2.24, 2.45) is 0 Å². The largest absolute Gasteiger partial charge is 0.192 e. The molecule has 0 amide bonds. The van der Waals surface area contributed by atoms with Crippen molar-refractivity contribution in [3.05, 3.63) is 28.8 Å². The number of nitriles is 2. The third kappa shape index (κ3) is 3.19. The summed E-state index contributed by atoms with van der Waals surface area (Å²) in [7, 11) is -1.69. The van der Waals surface area contributed by atoms with Crippen molar-refractivity contribution in [3.8, 4) is 12.1 Å². The number of hydrogen-bond donors (Lipinski definition) is 0. The van der Waals surface area contributed by atoms with Crippen LogP contribution in [-0.4, -0.2) is 8.07 Å². The van der Waals surface area contributed by atoms with Crippen molar-refractivity contribution in [2.75, 3.05) is 0 Å². The van der Waals surface area contributed by atoms with Gasteiger partial charge < -0.3 is 0 Å². The summed E-state index contributed by atoms with van der Waals surface area (Å²) in [6, 6.07) is 12.0. The van der Waals surface area contributed by atoms with Gasteiger partial charge in [0.15, 0.2) is 0 Å². The average Bonchev–Trinajstić information content (AvgIpc) is 2.47. The van der Waals surface area contributed by atoms with Crippen molar-refractivity contribution < 1.29 is 0 Å². The molecule has 0 spiro atoms. The Kier molecular flexibility index (Phi) is 5.37. The lowest BCUT2D eigenvalue weighted by Crippen LogP contribution is -2.48.